The SMILES string of the molecule is COc1cc(Cl)c(C(Cl)c2ccc(C)cc2Br)cc1Cl. The largest absolute Gasteiger partial charge is 0.495 e. The zero-order valence-electron chi connectivity index (χ0n) is 10.9. The van der Waals surface area contributed by atoms with Crippen molar-refractivity contribution >= 4 is 50.7 Å². The first-order valence-corrected chi connectivity index (χ1v) is 7.85. The van der Waals surface area contributed by atoms with E-state index in [1.807, 2.05) is 25.1 Å². The van der Waals surface area contributed by atoms with Gasteiger partial charge >= 0.3 is 0 Å². The third-order valence-corrected chi connectivity index (χ3v) is 4.75. The first kappa shape index (κ1) is 16.0. The Labute approximate surface area is 141 Å². The zero-order valence-corrected chi connectivity index (χ0v) is 14.7. The molecular formula is C15H12BrCl3O. The molecule has 0 aliphatic heterocycles. The molecule has 1 nitrogen and oxygen atoms in total. The van der Waals surface area contributed by atoms with Crippen molar-refractivity contribution in [3.8, 4) is 5.75 Å². The van der Waals surface area contributed by atoms with Gasteiger partial charge in [-0.1, -0.05) is 51.3 Å². The van der Waals surface area contributed by atoms with Gasteiger partial charge in [-0.15, -0.1) is 11.6 Å². The van der Waals surface area contributed by atoms with Crippen molar-refractivity contribution in [1.29, 1.82) is 0 Å². The molecule has 0 amide bonds. The highest BCUT2D eigenvalue weighted by Crippen LogP contribution is 2.41. The van der Waals surface area contributed by atoms with Gasteiger partial charge in [0.25, 0.3) is 0 Å². The standard InChI is InChI=1S/C15H12BrCl3O/c1-8-3-4-9(11(16)5-8)15(19)10-6-13(18)14(20-2)7-12(10)17/h3-7,15H,1-2H3. The van der Waals surface area contributed by atoms with Crippen molar-refractivity contribution in [2.24, 2.45) is 0 Å². The van der Waals surface area contributed by atoms with E-state index in [1.54, 1.807) is 19.2 Å². The van der Waals surface area contributed by atoms with Gasteiger partial charge in [-0.05, 0) is 35.7 Å². The van der Waals surface area contributed by atoms with Crippen molar-refractivity contribution < 1.29 is 4.74 Å². The van der Waals surface area contributed by atoms with Crippen LogP contribution >= 0.6 is 50.7 Å². The molecule has 106 valence electrons. The molecule has 2 aromatic carbocycles. The number of alkyl halides is 1. The Kier molecular flexibility index (Phi) is 5.25. The average molecular weight is 395 g/mol. The zero-order chi connectivity index (χ0) is 14.9. The Hall–Kier alpha value is -0.410. The molecule has 0 fully saturated rings. The van der Waals surface area contributed by atoms with Crippen LogP contribution in [0.15, 0.2) is 34.8 Å². The van der Waals surface area contributed by atoms with E-state index in [1.165, 1.54) is 0 Å². The van der Waals surface area contributed by atoms with Crippen LogP contribution in [0.3, 0.4) is 0 Å². The molecule has 0 N–H and O–H groups in total. The number of hydrogen-bond donors (Lipinski definition) is 0. The minimum absolute atomic E-state index is 0.388. The predicted octanol–water partition coefficient (Wildman–Crippen LogP) is 6.40. The van der Waals surface area contributed by atoms with Crippen LogP contribution in [0.1, 0.15) is 22.1 Å². The topological polar surface area (TPSA) is 9.23 Å². The predicted molar refractivity (Wildman–Crippen MR) is 89.6 cm³/mol. The fourth-order valence-electron chi connectivity index (χ4n) is 1.90. The highest BCUT2D eigenvalue weighted by atomic mass is 79.9. The van der Waals surface area contributed by atoms with Crippen molar-refractivity contribution in [3.05, 3.63) is 61.5 Å². The minimum Gasteiger partial charge on any atom is -0.495 e. The second-order valence-corrected chi connectivity index (χ2v) is 6.50. The average Bonchev–Trinajstić information content (AvgIpc) is 2.40. The molecule has 0 saturated carbocycles. The molecule has 0 spiro atoms. The van der Waals surface area contributed by atoms with Crippen molar-refractivity contribution in [2.45, 2.75) is 12.3 Å². The van der Waals surface area contributed by atoms with Crippen LogP contribution in [0, 0.1) is 6.92 Å². The van der Waals surface area contributed by atoms with Gasteiger partial charge in [0.2, 0.25) is 0 Å². The third-order valence-electron chi connectivity index (χ3n) is 2.97. The number of halogens is 4. The number of benzene rings is 2. The lowest BCUT2D eigenvalue weighted by Crippen LogP contribution is -1.97. The fourth-order valence-corrected chi connectivity index (χ4v) is 3.69. The van der Waals surface area contributed by atoms with Gasteiger partial charge in [0, 0.05) is 15.6 Å². The van der Waals surface area contributed by atoms with Crippen LogP contribution in [0.2, 0.25) is 10.0 Å². The summed E-state index contributed by atoms with van der Waals surface area (Å²) in [4.78, 5) is 0. The molecule has 0 saturated heterocycles. The molecule has 2 aromatic rings. The maximum Gasteiger partial charge on any atom is 0.138 e. The summed E-state index contributed by atoms with van der Waals surface area (Å²) in [7, 11) is 1.55. The number of hydrogen-bond acceptors (Lipinski definition) is 1. The molecule has 0 aromatic heterocycles. The van der Waals surface area contributed by atoms with Gasteiger partial charge in [-0.2, -0.15) is 0 Å². The Balaban J connectivity index is 2.48. The van der Waals surface area contributed by atoms with E-state index in [4.69, 9.17) is 39.5 Å². The molecule has 5 heteroatoms. The number of ether oxygens (including phenoxy) is 1. The Bertz CT molecular complexity index is 643. The summed E-state index contributed by atoms with van der Waals surface area (Å²) in [5.41, 5.74) is 2.85. The summed E-state index contributed by atoms with van der Waals surface area (Å²) < 4.78 is 6.08. The molecule has 0 bridgehead atoms. The number of rotatable bonds is 3. The van der Waals surface area contributed by atoms with E-state index in [0.29, 0.717) is 15.8 Å². The second-order valence-electron chi connectivity index (χ2n) is 4.40. The molecule has 20 heavy (non-hydrogen) atoms. The van der Waals surface area contributed by atoms with Crippen molar-refractivity contribution in [1.82, 2.24) is 0 Å². The highest BCUT2D eigenvalue weighted by molar-refractivity contribution is 9.10. The molecular weight excluding hydrogens is 382 g/mol. The lowest BCUT2D eigenvalue weighted by Gasteiger charge is -2.16. The summed E-state index contributed by atoms with van der Waals surface area (Å²) in [6.45, 7) is 2.02. The van der Waals surface area contributed by atoms with E-state index in [2.05, 4.69) is 15.9 Å². The van der Waals surface area contributed by atoms with Gasteiger partial charge in [-0.3, -0.25) is 0 Å². The Morgan fingerprint density at radius 3 is 2.35 bits per heavy atom. The lowest BCUT2D eigenvalue weighted by atomic mass is 10.0. The van der Waals surface area contributed by atoms with Crippen LogP contribution in [-0.2, 0) is 0 Å². The maximum atomic E-state index is 6.55. The summed E-state index contributed by atoms with van der Waals surface area (Å²) in [5, 5.41) is 0.625. The Morgan fingerprint density at radius 2 is 1.75 bits per heavy atom. The van der Waals surface area contributed by atoms with E-state index < -0.39 is 0 Å². The molecule has 2 rings (SSSR count). The van der Waals surface area contributed by atoms with Gasteiger partial charge in [-0.25, -0.2) is 0 Å². The molecule has 1 atom stereocenters. The van der Waals surface area contributed by atoms with Crippen molar-refractivity contribution in [2.75, 3.05) is 7.11 Å². The summed E-state index contributed by atoms with van der Waals surface area (Å²) in [5.74, 6) is 0.534. The van der Waals surface area contributed by atoms with Gasteiger partial charge in [0.15, 0.2) is 0 Å². The normalized spacial score (nSPS) is 12.3. The van der Waals surface area contributed by atoms with Crippen molar-refractivity contribution in [3.63, 3.8) is 0 Å². The van der Waals surface area contributed by atoms with E-state index in [0.717, 1.165) is 21.2 Å². The molecule has 0 aliphatic rings. The molecule has 0 heterocycles. The lowest BCUT2D eigenvalue weighted by molar-refractivity contribution is 0.415. The Morgan fingerprint density at radius 1 is 1.05 bits per heavy atom. The molecule has 1 unspecified atom stereocenters. The molecule has 0 aliphatic carbocycles. The third kappa shape index (κ3) is 3.25. The quantitative estimate of drug-likeness (QED) is 0.547. The smallest absolute Gasteiger partial charge is 0.138 e. The number of aryl methyl sites for hydroxylation is 1. The first-order valence-electron chi connectivity index (χ1n) is 5.87. The van der Waals surface area contributed by atoms with Crippen LogP contribution in [0.25, 0.3) is 0 Å². The number of methoxy groups -OCH3 is 1. The van der Waals surface area contributed by atoms with Gasteiger partial charge < -0.3 is 4.74 Å². The van der Waals surface area contributed by atoms with Crippen LogP contribution in [0.5, 0.6) is 5.75 Å². The fraction of sp³-hybridized carbons (Fsp3) is 0.200. The van der Waals surface area contributed by atoms with Gasteiger partial charge in [0.05, 0.1) is 17.5 Å². The van der Waals surface area contributed by atoms with Crippen LogP contribution in [0.4, 0.5) is 0 Å². The van der Waals surface area contributed by atoms with Gasteiger partial charge in [0.1, 0.15) is 5.75 Å². The second kappa shape index (κ2) is 6.57. The first-order chi connectivity index (χ1) is 9.43. The summed E-state index contributed by atoms with van der Waals surface area (Å²) in [6, 6.07) is 9.42. The minimum atomic E-state index is -0.388. The van der Waals surface area contributed by atoms with Crippen LogP contribution < -0.4 is 4.74 Å². The van der Waals surface area contributed by atoms with E-state index >= 15 is 0 Å². The van der Waals surface area contributed by atoms with E-state index in [-0.39, 0.29) is 5.38 Å². The highest BCUT2D eigenvalue weighted by Gasteiger charge is 2.19. The van der Waals surface area contributed by atoms with E-state index in [9.17, 15) is 0 Å². The van der Waals surface area contributed by atoms with Crippen LogP contribution in [-0.4, -0.2) is 7.11 Å². The summed E-state index contributed by atoms with van der Waals surface area (Å²) in [6.07, 6.45) is 0. The maximum absolute atomic E-state index is 6.55. The molecule has 0 radical (unpaired) electrons. The monoisotopic (exact) mass is 392 g/mol. The summed E-state index contributed by atoms with van der Waals surface area (Å²) >= 11 is 22.5.